The van der Waals surface area contributed by atoms with Gasteiger partial charge < -0.3 is 20.3 Å². The number of rotatable bonds is 6. The Morgan fingerprint density at radius 2 is 2.17 bits per heavy atom. The molecule has 7 heteroatoms. The maximum atomic E-state index is 11.5. The predicted molar refractivity (Wildman–Crippen MR) is 65.0 cm³/mol. The molecule has 0 saturated heterocycles. The van der Waals surface area contributed by atoms with Crippen LogP contribution in [0.25, 0.3) is 0 Å². The van der Waals surface area contributed by atoms with Gasteiger partial charge in [0.15, 0.2) is 0 Å². The Balaban J connectivity index is 2.25. The van der Waals surface area contributed by atoms with E-state index in [1.807, 2.05) is 17.7 Å². The molecular formula is C11H18N4O3. The van der Waals surface area contributed by atoms with Crippen molar-refractivity contribution in [2.24, 2.45) is 5.92 Å². The molecule has 1 aromatic rings. The van der Waals surface area contributed by atoms with Gasteiger partial charge in [-0.05, 0) is 6.92 Å². The fraction of sp³-hybridized carbons (Fsp3) is 0.545. The molecule has 1 aromatic heterocycles. The fourth-order valence-corrected chi connectivity index (χ4v) is 1.36. The molecule has 0 fully saturated rings. The van der Waals surface area contributed by atoms with Gasteiger partial charge in [0.2, 0.25) is 0 Å². The van der Waals surface area contributed by atoms with Gasteiger partial charge in [-0.3, -0.25) is 4.79 Å². The summed E-state index contributed by atoms with van der Waals surface area (Å²) < 4.78 is 1.85. The second kappa shape index (κ2) is 6.63. The summed E-state index contributed by atoms with van der Waals surface area (Å²) in [7, 11) is 0. The van der Waals surface area contributed by atoms with Crippen LogP contribution in [0.15, 0.2) is 18.7 Å². The third kappa shape index (κ3) is 4.86. The Morgan fingerprint density at radius 1 is 1.44 bits per heavy atom. The van der Waals surface area contributed by atoms with E-state index in [0.29, 0.717) is 6.54 Å². The van der Waals surface area contributed by atoms with Crippen molar-refractivity contribution in [3.63, 3.8) is 0 Å². The van der Waals surface area contributed by atoms with Crippen molar-refractivity contribution in [3.05, 3.63) is 18.7 Å². The average molecular weight is 254 g/mol. The average Bonchev–Trinajstić information content (AvgIpc) is 2.78. The number of aliphatic carboxylic acids is 1. The van der Waals surface area contributed by atoms with Gasteiger partial charge >= 0.3 is 12.0 Å². The van der Waals surface area contributed by atoms with Crippen LogP contribution in [0.5, 0.6) is 0 Å². The number of carbonyl (C=O) groups is 2. The molecule has 100 valence electrons. The Labute approximate surface area is 105 Å². The first kappa shape index (κ1) is 14.0. The van der Waals surface area contributed by atoms with Gasteiger partial charge in [0.05, 0.1) is 12.2 Å². The highest BCUT2D eigenvalue weighted by Crippen LogP contribution is 1.93. The summed E-state index contributed by atoms with van der Waals surface area (Å²) in [4.78, 5) is 25.9. The van der Waals surface area contributed by atoms with Gasteiger partial charge in [0.25, 0.3) is 0 Å². The SMILES string of the molecule is CC(Cn1ccnc1)NC(=O)NCC(C)C(=O)O. The number of carboxylic acids is 1. The molecule has 2 unspecified atom stereocenters. The lowest BCUT2D eigenvalue weighted by Gasteiger charge is -2.15. The van der Waals surface area contributed by atoms with E-state index in [0.717, 1.165) is 0 Å². The van der Waals surface area contributed by atoms with E-state index >= 15 is 0 Å². The largest absolute Gasteiger partial charge is 0.481 e. The predicted octanol–water partition coefficient (Wildman–Crippen LogP) is 0.291. The summed E-state index contributed by atoms with van der Waals surface area (Å²) in [6, 6.07) is -0.435. The Hall–Kier alpha value is -2.05. The van der Waals surface area contributed by atoms with Crippen LogP contribution in [0.4, 0.5) is 4.79 Å². The lowest BCUT2D eigenvalue weighted by molar-refractivity contribution is -0.140. The van der Waals surface area contributed by atoms with Crippen molar-refractivity contribution in [1.29, 1.82) is 0 Å². The third-order valence-electron chi connectivity index (χ3n) is 2.41. The van der Waals surface area contributed by atoms with Crippen molar-refractivity contribution >= 4 is 12.0 Å². The van der Waals surface area contributed by atoms with Gasteiger partial charge in [-0.2, -0.15) is 0 Å². The highest BCUT2D eigenvalue weighted by atomic mass is 16.4. The van der Waals surface area contributed by atoms with E-state index in [1.165, 1.54) is 6.92 Å². The number of carbonyl (C=O) groups excluding carboxylic acids is 1. The van der Waals surface area contributed by atoms with E-state index in [2.05, 4.69) is 15.6 Å². The molecule has 3 N–H and O–H groups in total. The summed E-state index contributed by atoms with van der Waals surface area (Å²) in [5.41, 5.74) is 0. The van der Waals surface area contributed by atoms with Crippen LogP contribution in [-0.2, 0) is 11.3 Å². The zero-order valence-corrected chi connectivity index (χ0v) is 10.5. The molecule has 2 atom stereocenters. The van der Waals surface area contributed by atoms with Crippen molar-refractivity contribution in [3.8, 4) is 0 Å². The molecule has 1 heterocycles. The molecule has 18 heavy (non-hydrogen) atoms. The number of imidazole rings is 1. The molecule has 7 nitrogen and oxygen atoms in total. The molecule has 2 amide bonds. The molecule has 0 aliphatic rings. The zero-order valence-electron chi connectivity index (χ0n) is 10.5. The number of urea groups is 1. The highest BCUT2D eigenvalue weighted by molar-refractivity contribution is 5.75. The number of aromatic nitrogens is 2. The quantitative estimate of drug-likeness (QED) is 0.680. The van der Waals surface area contributed by atoms with E-state index < -0.39 is 11.9 Å². The molecule has 0 spiro atoms. The highest BCUT2D eigenvalue weighted by Gasteiger charge is 2.13. The summed E-state index contributed by atoms with van der Waals surface area (Å²) in [5, 5.41) is 13.9. The van der Waals surface area contributed by atoms with Gasteiger partial charge in [-0.25, -0.2) is 9.78 Å². The topological polar surface area (TPSA) is 96.3 Å². The number of hydrogen-bond donors (Lipinski definition) is 3. The molecule has 0 bridgehead atoms. The molecule has 1 rings (SSSR count). The smallest absolute Gasteiger partial charge is 0.315 e. The lowest BCUT2D eigenvalue weighted by Crippen LogP contribution is -2.44. The number of hydrogen-bond acceptors (Lipinski definition) is 3. The summed E-state index contributed by atoms with van der Waals surface area (Å²) in [6.45, 7) is 4.12. The first-order valence-corrected chi connectivity index (χ1v) is 5.72. The zero-order chi connectivity index (χ0) is 13.5. The monoisotopic (exact) mass is 254 g/mol. The van der Waals surface area contributed by atoms with E-state index in [1.54, 1.807) is 12.5 Å². The lowest BCUT2D eigenvalue weighted by atomic mass is 10.2. The van der Waals surface area contributed by atoms with E-state index in [9.17, 15) is 9.59 Å². The second-order valence-electron chi connectivity index (χ2n) is 4.25. The van der Waals surface area contributed by atoms with Gasteiger partial charge in [-0.15, -0.1) is 0 Å². The van der Waals surface area contributed by atoms with Crippen molar-refractivity contribution in [2.45, 2.75) is 26.4 Å². The maximum Gasteiger partial charge on any atom is 0.315 e. The maximum absolute atomic E-state index is 11.5. The Kier molecular flexibility index (Phi) is 5.16. The minimum atomic E-state index is -0.929. The van der Waals surface area contributed by atoms with E-state index in [4.69, 9.17) is 5.11 Å². The number of amides is 2. The van der Waals surface area contributed by atoms with Crippen molar-refractivity contribution in [2.75, 3.05) is 6.54 Å². The molecular weight excluding hydrogens is 236 g/mol. The minimum Gasteiger partial charge on any atom is -0.481 e. The van der Waals surface area contributed by atoms with Gasteiger partial charge in [0.1, 0.15) is 0 Å². The summed E-state index contributed by atoms with van der Waals surface area (Å²) in [5.74, 6) is -1.53. The number of nitrogens with one attached hydrogen (secondary N) is 2. The number of carboxylic acid groups (broad SMARTS) is 1. The van der Waals surface area contributed by atoms with Gasteiger partial charge in [0, 0.05) is 31.5 Å². The van der Waals surface area contributed by atoms with Crippen LogP contribution in [0.1, 0.15) is 13.8 Å². The molecule has 0 radical (unpaired) electrons. The molecule has 0 aliphatic carbocycles. The van der Waals surface area contributed by atoms with Crippen molar-refractivity contribution < 1.29 is 14.7 Å². The standard InChI is InChI=1S/C11H18N4O3/c1-8(10(16)17)5-13-11(18)14-9(2)6-15-4-3-12-7-15/h3-4,7-9H,5-6H2,1-2H3,(H,16,17)(H2,13,14,18). The third-order valence-corrected chi connectivity index (χ3v) is 2.41. The van der Waals surface area contributed by atoms with Crippen LogP contribution in [-0.4, -0.2) is 39.2 Å². The first-order chi connectivity index (χ1) is 8.49. The van der Waals surface area contributed by atoms with Crippen LogP contribution >= 0.6 is 0 Å². The van der Waals surface area contributed by atoms with Crippen LogP contribution in [0, 0.1) is 5.92 Å². The minimum absolute atomic E-state index is 0.0701. The van der Waals surface area contributed by atoms with Crippen LogP contribution in [0.3, 0.4) is 0 Å². The second-order valence-corrected chi connectivity index (χ2v) is 4.25. The molecule has 0 aliphatic heterocycles. The summed E-state index contributed by atoms with van der Waals surface area (Å²) >= 11 is 0. The van der Waals surface area contributed by atoms with E-state index in [-0.39, 0.29) is 18.6 Å². The Bertz CT molecular complexity index is 391. The van der Waals surface area contributed by atoms with Gasteiger partial charge in [-0.1, -0.05) is 6.92 Å². The molecule has 0 saturated carbocycles. The number of nitrogens with zero attached hydrogens (tertiary/aromatic N) is 2. The summed E-state index contributed by atoms with van der Waals surface area (Å²) in [6.07, 6.45) is 5.15. The van der Waals surface area contributed by atoms with Crippen LogP contribution in [0.2, 0.25) is 0 Å². The van der Waals surface area contributed by atoms with Crippen molar-refractivity contribution in [1.82, 2.24) is 20.2 Å². The first-order valence-electron chi connectivity index (χ1n) is 5.72. The Morgan fingerprint density at radius 3 is 2.72 bits per heavy atom. The van der Waals surface area contributed by atoms with Crippen LogP contribution < -0.4 is 10.6 Å². The normalized spacial score (nSPS) is 13.7. The molecule has 0 aromatic carbocycles. The fourth-order valence-electron chi connectivity index (χ4n) is 1.36.